The molecule has 88 valence electrons. The molecule has 0 fully saturated rings. The largest absolute Gasteiger partial charge is 0.462 e. The number of ether oxygens (including phenoxy) is 1. The summed E-state index contributed by atoms with van der Waals surface area (Å²) in [5.74, 6) is -0.721. The Hall–Kier alpha value is -1.95. The predicted molar refractivity (Wildman–Crippen MR) is 60.2 cm³/mol. The second-order valence-corrected chi connectivity index (χ2v) is 3.51. The van der Waals surface area contributed by atoms with E-state index in [0.29, 0.717) is 5.65 Å². The number of halogens is 1. The third kappa shape index (κ3) is 2.12. The van der Waals surface area contributed by atoms with Gasteiger partial charge in [0.25, 0.3) is 5.56 Å². The number of aromatic nitrogens is 3. The van der Waals surface area contributed by atoms with Crippen LogP contribution < -0.4 is 5.56 Å². The summed E-state index contributed by atoms with van der Waals surface area (Å²) in [5.41, 5.74) is -0.456. The summed E-state index contributed by atoms with van der Waals surface area (Å²) in [5, 5.41) is 3.92. The molecule has 17 heavy (non-hydrogen) atoms. The van der Waals surface area contributed by atoms with Crippen molar-refractivity contribution in [2.75, 3.05) is 6.61 Å². The molecule has 2 aromatic rings. The van der Waals surface area contributed by atoms with E-state index in [2.05, 4.69) is 10.1 Å². The number of nitrogens with zero attached hydrogens (tertiary/aromatic N) is 3. The molecule has 0 N–H and O–H groups in total. The highest BCUT2D eigenvalue weighted by Crippen LogP contribution is 2.04. The zero-order chi connectivity index (χ0) is 12.4. The van der Waals surface area contributed by atoms with Gasteiger partial charge in [-0.15, -0.1) is 0 Å². The Morgan fingerprint density at radius 1 is 1.53 bits per heavy atom. The van der Waals surface area contributed by atoms with Crippen molar-refractivity contribution in [3.63, 3.8) is 0 Å². The number of carbonyl (C=O) groups excluding carboxylic acids is 1. The highest BCUT2D eigenvalue weighted by atomic mass is 35.5. The van der Waals surface area contributed by atoms with Gasteiger partial charge in [0.1, 0.15) is 10.7 Å². The summed E-state index contributed by atoms with van der Waals surface area (Å²) in [6.07, 6.45) is 1.17. The summed E-state index contributed by atoms with van der Waals surface area (Å²) in [7, 11) is 0. The lowest BCUT2D eigenvalue weighted by molar-refractivity contribution is 0.0523. The van der Waals surface area contributed by atoms with Crippen molar-refractivity contribution in [3.8, 4) is 0 Å². The second-order valence-electron chi connectivity index (χ2n) is 3.12. The van der Waals surface area contributed by atoms with E-state index in [9.17, 15) is 9.59 Å². The van der Waals surface area contributed by atoms with Crippen LogP contribution in [0.5, 0.6) is 0 Å². The molecule has 0 spiro atoms. The van der Waals surface area contributed by atoms with E-state index < -0.39 is 11.5 Å². The van der Waals surface area contributed by atoms with Gasteiger partial charge in [-0.1, -0.05) is 11.6 Å². The fraction of sp³-hybridized carbons (Fsp3) is 0.200. The van der Waals surface area contributed by atoms with Crippen molar-refractivity contribution >= 4 is 23.2 Å². The molecule has 0 radical (unpaired) electrons. The van der Waals surface area contributed by atoms with E-state index >= 15 is 0 Å². The number of rotatable bonds is 2. The lowest BCUT2D eigenvalue weighted by Crippen LogP contribution is -2.25. The normalized spacial score (nSPS) is 10.5. The molecule has 0 saturated heterocycles. The van der Waals surface area contributed by atoms with Gasteiger partial charge < -0.3 is 4.74 Å². The number of hydrogen-bond acceptors (Lipinski definition) is 5. The highest BCUT2D eigenvalue weighted by Gasteiger charge is 2.14. The van der Waals surface area contributed by atoms with Crippen LogP contribution in [-0.4, -0.2) is 27.2 Å². The Kier molecular flexibility index (Phi) is 3.06. The smallest absolute Gasteiger partial charge is 0.345 e. The van der Waals surface area contributed by atoms with Gasteiger partial charge in [-0.05, 0) is 19.1 Å². The average molecular weight is 254 g/mol. The van der Waals surface area contributed by atoms with Gasteiger partial charge in [-0.25, -0.2) is 9.78 Å². The van der Waals surface area contributed by atoms with Gasteiger partial charge in [0.05, 0.1) is 6.61 Å². The lowest BCUT2D eigenvalue weighted by atomic mass is 10.3. The van der Waals surface area contributed by atoms with Crippen molar-refractivity contribution in [3.05, 3.63) is 39.4 Å². The van der Waals surface area contributed by atoms with Crippen LogP contribution in [0.2, 0.25) is 5.15 Å². The Labute approximate surface area is 101 Å². The molecule has 2 aromatic heterocycles. The Morgan fingerprint density at radius 3 is 3.00 bits per heavy atom. The van der Waals surface area contributed by atoms with E-state index in [0.717, 1.165) is 4.52 Å². The molecule has 0 aliphatic carbocycles. The molecule has 0 atom stereocenters. The van der Waals surface area contributed by atoms with Gasteiger partial charge in [-0.2, -0.15) is 9.61 Å². The van der Waals surface area contributed by atoms with E-state index in [4.69, 9.17) is 16.3 Å². The van der Waals surface area contributed by atoms with E-state index in [-0.39, 0.29) is 17.3 Å². The van der Waals surface area contributed by atoms with E-state index in [1.165, 1.54) is 18.3 Å². The van der Waals surface area contributed by atoms with Crippen LogP contribution in [0, 0.1) is 0 Å². The molecule has 0 unspecified atom stereocenters. The SMILES string of the molecule is CCOC(=O)c1cnc2ccc(Cl)nn2c1=O. The topological polar surface area (TPSA) is 73.6 Å². The number of carbonyl (C=O) groups is 1. The molecular formula is C10H8ClN3O3. The zero-order valence-corrected chi connectivity index (χ0v) is 9.64. The van der Waals surface area contributed by atoms with Crippen molar-refractivity contribution in [1.82, 2.24) is 14.6 Å². The first-order valence-electron chi connectivity index (χ1n) is 4.85. The quantitative estimate of drug-likeness (QED) is 0.744. The van der Waals surface area contributed by atoms with Crippen LogP contribution in [0.15, 0.2) is 23.1 Å². The number of esters is 1. The van der Waals surface area contributed by atoms with Gasteiger partial charge in [-0.3, -0.25) is 4.79 Å². The molecule has 0 bridgehead atoms. The average Bonchev–Trinajstić information content (AvgIpc) is 2.30. The zero-order valence-electron chi connectivity index (χ0n) is 8.88. The summed E-state index contributed by atoms with van der Waals surface area (Å²) < 4.78 is 5.70. The van der Waals surface area contributed by atoms with Crippen LogP contribution in [0.1, 0.15) is 17.3 Å². The molecule has 2 rings (SSSR count). The minimum Gasteiger partial charge on any atom is -0.462 e. The first kappa shape index (κ1) is 11.5. The Bertz CT molecular complexity index is 638. The maximum Gasteiger partial charge on any atom is 0.345 e. The van der Waals surface area contributed by atoms with Crippen molar-refractivity contribution in [2.45, 2.75) is 6.92 Å². The fourth-order valence-electron chi connectivity index (χ4n) is 1.29. The molecule has 0 aliphatic rings. The maximum atomic E-state index is 11.9. The highest BCUT2D eigenvalue weighted by molar-refractivity contribution is 6.29. The van der Waals surface area contributed by atoms with E-state index in [1.54, 1.807) is 6.92 Å². The molecule has 0 aliphatic heterocycles. The predicted octanol–water partition coefficient (Wildman–Crippen LogP) is 0.920. The molecule has 2 heterocycles. The molecule has 0 amide bonds. The fourth-order valence-corrected chi connectivity index (χ4v) is 1.43. The van der Waals surface area contributed by atoms with Crippen LogP contribution in [-0.2, 0) is 4.74 Å². The van der Waals surface area contributed by atoms with Crippen LogP contribution in [0.3, 0.4) is 0 Å². The maximum absolute atomic E-state index is 11.9. The van der Waals surface area contributed by atoms with Gasteiger partial charge >= 0.3 is 5.97 Å². The molecule has 6 nitrogen and oxygen atoms in total. The minimum absolute atomic E-state index is 0.141. The number of fused-ring (bicyclic) bond motifs is 1. The van der Waals surface area contributed by atoms with Crippen LogP contribution >= 0.6 is 11.6 Å². The van der Waals surface area contributed by atoms with Crippen molar-refractivity contribution < 1.29 is 9.53 Å². The minimum atomic E-state index is -0.721. The molecule has 0 saturated carbocycles. The summed E-state index contributed by atoms with van der Waals surface area (Å²) in [6, 6.07) is 3.04. The second kappa shape index (κ2) is 4.50. The first-order chi connectivity index (χ1) is 8.13. The summed E-state index contributed by atoms with van der Waals surface area (Å²) in [4.78, 5) is 27.3. The molecule has 7 heteroatoms. The van der Waals surface area contributed by atoms with Crippen LogP contribution in [0.25, 0.3) is 5.65 Å². The Balaban J connectivity index is 2.65. The molecule has 0 aromatic carbocycles. The standard InChI is InChI=1S/C10H8ClN3O3/c1-2-17-10(16)6-5-12-8-4-3-7(11)13-14(8)9(6)15/h3-5H,2H2,1H3. The van der Waals surface area contributed by atoms with Gasteiger partial charge in [0.15, 0.2) is 5.65 Å². The monoisotopic (exact) mass is 253 g/mol. The number of hydrogen-bond donors (Lipinski definition) is 0. The van der Waals surface area contributed by atoms with E-state index in [1.807, 2.05) is 0 Å². The Morgan fingerprint density at radius 2 is 2.29 bits per heavy atom. The van der Waals surface area contributed by atoms with Crippen molar-refractivity contribution in [1.29, 1.82) is 0 Å². The van der Waals surface area contributed by atoms with Gasteiger partial charge in [0.2, 0.25) is 0 Å². The lowest BCUT2D eigenvalue weighted by Gasteiger charge is -2.03. The summed E-state index contributed by atoms with van der Waals surface area (Å²) >= 11 is 5.67. The summed E-state index contributed by atoms with van der Waals surface area (Å²) in [6.45, 7) is 1.84. The van der Waals surface area contributed by atoms with Crippen LogP contribution in [0.4, 0.5) is 0 Å². The van der Waals surface area contributed by atoms with Crippen molar-refractivity contribution in [2.24, 2.45) is 0 Å². The van der Waals surface area contributed by atoms with Gasteiger partial charge in [0, 0.05) is 6.20 Å². The first-order valence-corrected chi connectivity index (χ1v) is 5.23. The molecular weight excluding hydrogens is 246 g/mol. The third-order valence-corrected chi connectivity index (χ3v) is 2.23. The third-order valence-electron chi connectivity index (χ3n) is 2.03.